The summed E-state index contributed by atoms with van der Waals surface area (Å²) in [6, 6.07) is 0. The normalized spacial score (nSPS) is 24.3. The van der Waals surface area contributed by atoms with Crippen LogP contribution in [0.4, 0.5) is 0 Å². The van der Waals surface area contributed by atoms with Crippen LogP contribution < -0.4 is 0 Å². The largest absolute Gasteiger partial charge is 0.448 e. The van der Waals surface area contributed by atoms with Gasteiger partial charge in [-0.1, -0.05) is 12.8 Å². The Balaban J connectivity index is 2.65. The Morgan fingerprint density at radius 2 is 1.65 bits per heavy atom. The Morgan fingerprint density at radius 3 is 2.24 bits per heavy atom. The Bertz CT molecular complexity index is 281. The van der Waals surface area contributed by atoms with Gasteiger partial charge in [0, 0.05) is 12.8 Å². The van der Waals surface area contributed by atoms with Crippen LogP contribution in [0, 0.1) is 0 Å². The lowest BCUT2D eigenvalue weighted by molar-refractivity contribution is -0.872. The lowest BCUT2D eigenvalue weighted by atomic mass is 10.0. The van der Waals surface area contributed by atoms with E-state index in [2.05, 4.69) is 0 Å². The Labute approximate surface area is 104 Å². The lowest BCUT2D eigenvalue weighted by Gasteiger charge is -2.28. The van der Waals surface area contributed by atoms with Gasteiger partial charge in [0.2, 0.25) is 6.10 Å². The zero-order valence-corrected chi connectivity index (χ0v) is 11.2. The van der Waals surface area contributed by atoms with Gasteiger partial charge in [0.1, 0.15) is 6.54 Å². The summed E-state index contributed by atoms with van der Waals surface area (Å²) in [6.07, 6.45) is 4.28. The molecule has 1 fully saturated rings. The molecule has 0 bridgehead atoms. The number of carbonyl (C=O) groups excluding carboxylic acids is 2. The van der Waals surface area contributed by atoms with Crippen molar-refractivity contribution in [1.82, 2.24) is 0 Å². The summed E-state index contributed by atoms with van der Waals surface area (Å²) in [7, 11) is 6.00. The monoisotopic (exact) mass is 242 g/mol. The summed E-state index contributed by atoms with van der Waals surface area (Å²) in [6.45, 7) is 0.560. The van der Waals surface area contributed by atoms with E-state index >= 15 is 0 Å². The summed E-state index contributed by atoms with van der Waals surface area (Å²) in [4.78, 5) is 23.5. The molecule has 1 saturated heterocycles. The van der Waals surface area contributed by atoms with Crippen LogP contribution in [0.3, 0.4) is 0 Å². The Morgan fingerprint density at radius 1 is 1.06 bits per heavy atom. The molecule has 1 aliphatic heterocycles. The molecule has 4 nitrogen and oxygen atoms in total. The molecule has 0 spiro atoms. The summed E-state index contributed by atoms with van der Waals surface area (Å²) in [5, 5.41) is 0. The average Bonchev–Trinajstić information content (AvgIpc) is 2.19. The van der Waals surface area contributed by atoms with Crippen molar-refractivity contribution >= 4 is 11.8 Å². The number of Topliss-reactive ketones (excluding diaryl/α,β-unsaturated/α-hetero) is 1. The van der Waals surface area contributed by atoms with E-state index in [9.17, 15) is 9.59 Å². The summed E-state index contributed by atoms with van der Waals surface area (Å²) < 4.78 is 5.94. The van der Waals surface area contributed by atoms with E-state index in [0.29, 0.717) is 23.9 Å². The first-order chi connectivity index (χ1) is 7.88. The molecule has 0 amide bonds. The van der Waals surface area contributed by atoms with E-state index in [1.54, 1.807) is 0 Å². The minimum Gasteiger partial charge on any atom is -0.448 e. The van der Waals surface area contributed by atoms with Crippen LogP contribution in [-0.4, -0.2) is 50.0 Å². The van der Waals surface area contributed by atoms with Crippen LogP contribution in [0.1, 0.15) is 38.5 Å². The number of ketones is 1. The highest BCUT2D eigenvalue weighted by atomic mass is 16.5. The maximum absolute atomic E-state index is 12.0. The topological polar surface area (TPSA) is 43.4 Å². The average molecular weight is 242 g/mol. The molecule has 0 N–H and O–H groups in total. The van der Waals surface area contributed by atoms with Crippen molar-refractivity contribution in [3.63, 3.8) is 0 Å². The quantitative estimate of drug-likeness (QED) is 0.545. The van der Waals surface area contributed by atoms with Gasteiger partial charge >= 0.3 is 5.97 Å². The number of hydrogen-bond donors (Lipinski definition) is 0. The second-order valence-corrected chi connectivity index (χ2v) is 5.83. The van der Waals surface area contributed by atoms with Crippen LogP contribution in [0.5, 0.6) is 0 Å². The van der Waals surface area contributed by atoms with Gasteiger partial charge < -0.3 is 9.22 Å². The number of quaternary nitrogens is 1. The van der Waals surface area contributed by atoms with Gasteiger partial charge in [-0.3, -0.25) is 9.59 Å². The van der Waals surface area contributed by atoms with Gasteiger partial charge in [-0.25, -0.2) is 0 Å². The van der Waals surface area contributed by atoms with Crippen molar-refractivity contribution < 1.29 is 18.8 Å². The van der Waals surface area contributed by atoms with Crippen molar-refractivity contribution in [2.24, 2.45) is 0 Å². The fourth-order valence-corrected chi connectivity index (χ4v) is 2.00. The van der Waals surface area contributed by atoms with Crippen LogP contribution in [0.2, 0.25) is 0 Å². The van der Waals surface area contributed by atoms with E-state index < -0.39 is 6.10 Å². The first-order valence-corrected chi connectivity index (χ1v) is 6.41. The van der Waals surface area contributed by atoms with Gasteiger partial charge in [0.15, 0.2) is 5.78 Å². The van der Waals surface area contributed by atoms with Gasteiger partial charge in [-0.05, 0) is 12.8 Å². The van der Waals surface area contributed by atoms with Crippen LogP contribution >= 0.6 is 0 Å². The van der Waals surface area contributed by atoms with Gasteiger partial charge in [0.25, 0.3) is 0 Å². The Kier molecular flexibility index (Phi) is 5.12. The zero-order valence-electron chi connectivity index (χ0n) is 11.2. The van der Waals surface area contributed by atoms with E-state index in [0.717, 1.165) is 25.7 Å². The van der Waals surface area contributed by atoms with Crippen LogP contribution in [-0.2, 0) is 14.3 Å². The highest BCUT2D eigenvalue weighted by Crippen LogP contribution is 2.14. The number of nitrogens with zero attached hydrogens (tertiary/aromatic N) is 1. The van der Waals surface area contributed by atoms with Crippen molar-refractivity contribution in [3.8, 4) is 0 Å². The number of likely N-dealkylation sites (N-methyl/N-ethyl adjacent to an activating group) is 1. The van der Waals surface area contributed by atoms with Crippen molar-refractivity contribution in [1.29, 1.82) is 0 Å². The van der Waals surface area contributed by atoms with E-state index in [1.165, 1.54) is 0 Å². The molecule has 1 rings (SSSR count). The number of ether oxygens (including phenoxy) is 1. The predicted octanol–water partition coefficient (Wildman–Crippen LogP) is 1.53. The van der Waals surface area contributed by atoms with E-state index in [4.69, 9.17) is 4.74 Å². The molecular formula is C13H24NO3+. The minimum atomic E-state index is -0.555. The zero-order chi connectivity index (χ0) is 12.9. The van der Waals surface area contributed by atoms with Gasteiger partial charge in [-0.15, -0.1) is 0 Å². The second kappa shape index (κ2) is 6.15. The molecule has 0 radical (unpaired) electrons. The van der Waals surface area contributed by atoms with Crippen molar-refractivity contribution in [3.05, 3.63) is 0 Å². The summed E-state index contributed by atoms with van der Waals surface area (Å²) in [5.74, 6) is -0.146. The van der Waals surface area contributed by atoms with Crippen LogP contribution in [0.15, 0.2) is 0 Å². The van der Waals surface area contributed by atoms with Gasteiger partial charge in [0.05, 0.1) is 21.1 Å². The number of carbonyl (C=O) groups is 2. The first-order valence-electron chi connectivity index (χ1n) is 6.41. The standard InChI is InChI=1S/C13H24NO3/c1-14(2,3)10-12-11(15)8-6-4-5-7-9-13(16)17-12/h12H,4-10H2,1-3H3/q+1. The molecular weight excluding hydrogens is 218 g/mol. The third-order valence-electron chi connectivity index (χ3n) is 2.90. The number of hydrogen-bond acceptors (Lipinski definition) is 3. The minimum absolute atomic E-state index is 0.0771. The highest BCUT2D eigenvalue weighted by molar-refractivity contribution is 5.85. The molecule has 0 saturated carbocycles. The molecule has 4 heteroatoms. The summed E-state index contributed by atoms with van der Waals surface area (Å²) >= 11 is 0. The van der Waals surface area contributed by atoms with Crippen molar-refractivity contribution in [2.75, 3.05) is 27.7 Å². The molecule has 98 valence electrons. The summed E-state index contributed by atoms with van der Waals surface area (Å²) in [5.41, 5.74) is 0. The number of rotatable bonds is 2. The SMILES string of the molecule is C[N+](C)(C)CC1OC(=O)CCCCCCC1=O. The van der Waals surface area contributed by atoms with Crippen molar-refractivity contribution in [2.45, 2.75) is 44.6 Å². The fourth-order valence-electron chi connectivity index (χ4n) is 2.00. The first kappa shape index (κ1) is 14.2. The highest BCUT2D eigenvalue weighted by Gasteiger charge is 2.28. The molecule has 1 heterocycles. The molecule has 1 atom stereocenters. The number of cyclic esters (lactones) is 1. The third-order valence-corrected chi connectivity index (χ3v) is 2.90. The van der Waals surface area contributed by atoms with E-state index in [1.807, 2.05) is 21.1 Å². The lowest BCUT2D eigenvalue weighted by Crippen LogP contribution is -2.46. The maximum atomic E-state index is 12.0. The molecule has 1 unspecified atom stereocenters. The molecule has 17 heavy (non-hydrogen) atoms. The van der Waals surface area contributed by atoms with E-state index in [-0.39, 0.29) is 11.8 Å². The number of esters is 1. The third kappa shape index (κ3) is 5.82. The molecule has 0 aromatic rings. The molecule has 0 aromatic heterocycles. The molecule has 0 aromatic carbocycles. The second-order valence-electron chi connectivity index (χ2n) is 5.83. The fraction of sp³-hybridized carbons (Fsp3) is 0.846. The van der Waals surface area contributed by atoms with Gasteiger partial charge in [-0.2, -0.15) is 0 Å². The Hall–Kier alpha value is -0.900. The molecule has 1 aliphatic rings. The predicted molar refractivity (Wildman–Crippen MR) is 65.5 cm³/mol. The van der Waals surface area contributed by atoms with Crippen LogP contribution in [0.25, 0.3) is 0 Å². The smallest absolute Gasteiger partial charge is 0.306 e. The molecule has 0 aliphatic carbocycles. The maximum Gasteiger partial charge on any atom is 0.306 e.